The fraction of sp³-hybridized carbons (Fsp3) is 0.444. The average Bonchev–Trinajstić information content (AvgIpc) is 2.62. The Kier molecular flexibility index (Phi) is 5.93. The lowest BCUT2D eigenvalue weighted by atomic mass is 9.73. The van der Waals surface area contributed by atoms with Gasteiger partial charge in [-0.25, -0.2) is 4.98 Å². The van der Waals surface area contributed by atoms with Crippen molar-refractivity contribution in [3.8, 4) is 0 Å². The Bertz CT molecular complexity index is 861. The zero-order chi connectivity index (χ0) is 21.3. The Morgan fingerprint density at radius 1 is 1.29 bits per heavy atom. The van der Waals surface area contributed by atoms with Crippen LogP contribution in [-0.2, 0) is 25.2 Å². The topological polar surface area (TPSA) is 103 Å². The molecular formula is C18H18F3NO6. The molecule has 0 aromatic carbocycles. The largest absolute Gasteiger partial charge is 0.510 e. The monoisotopic (exact) mass is 401 g/mol. The number of nitrogens with zero attached hydrogens (tertiary/aromatic N) is 1. The van der Waals surface area contributed by atoms with Crippen molar-refractivity contribution in [2.75, 3.05) is 20.8 Å². The summed E-state index contributed by atoms with van der Waals surface area (Å²) in [6.07, 6.45) is -5.09. The summed E-state index contributed by atoms with van der Waals surface area (Å²) in [7, 11) is 2.34. The van der Waals surface area contributed by atoms with Crippen molar-refractivity contribution in [2.45, 2.75) is 25.9 Å². The van der Waals surface area contributed by atoms with E-state index < -0.39 is 46.2 Å². The predicted octanol–water partition coefficient (Wildman–Crippen LogP) is 2.57. The first kappa shape index (κ1) is 21.5. The van der Waals surface area contributed by atoms with Crippen LogP contribution in [0.25, 0.3) is 0 Å². The molecule has 10 heteroatoms. The van der Waals surface area contributed by atoms with Crippen molar-refractivity contribution in [2.24, 2.45) is 5.41 Å². The minimum absolute atomic E-state index is 0.140. The molecule has 0 aliphatic heterocycles. The van der Waals surface area contributed by atoms with Gasteiger partial charge in [0.15, 0.2) is 5.78 Å². The molecule has 0 fully saturated rings. The Morgan fingerprint density at radius 2 is 1.93 bits per heavy atom. The second kappa shape index (κ2) is 7.70. The molecule has 0 radical (unpaired) electrons. The van der Waals surface area contributed by atoms with Crippen molar-refractivity contribution < 1.29 is 42.1 Å². The molecule has 1 aliphatic rings. The van der Waals surface area contributed by atoms with Crippen molar-refractivity contribution in [1.82, 2.24) is 4.98 Å². The summed E-state index contributed by atoms with van der Waals surface area (Å²) >= 11 is 0. The molecular weight excluding hydrogens is 383 g/mol. The van der Waals surface area contributed by atoms with Gasteiger partial charge in [0.1, 0.15) is 22.4 Å². The van der Waals surface area contributed by atoms with Gasteiger partial charge < -0.3 is 14.6 Å². The van der Waals surface area contributed by atoms with E-state index in [1.165, 1.54) is 14.0 Å². The zero-order valence-corrected chi connectivity index (χ0v) is 15.3. The van der Waals surface area contributed by atoms with Crippen LogP contribution >= 0.6 is 0 Å². The number of halogens is 3. The molecule has 2 rings (SSSR count). The van der Waals surface area contributed by atoms with Gasteiger partial charge in [0.2, 0.25) is 5.78 Å². The maximum atomic E-state index is 12.9. The SMILES string of the molecule is COCC1(C(=O)OC)CCC(=O)C(C(=O)c2ccc(C(F)(F)F)nc2C)=C1O. The van der Waals surface area contributed by atoms with Crippen LogP contribution in [0.1, 0.15) is 34.6 Å². The van der Waals surface area contributed by atoms with Gasteiger partial charge in [-0.1, -0.05) is 0 Å². The molecule has 1 N–H and O–H groups in total. The van der Waals surface area contributed by atoms with Crippen molar-refractivity contribution in [3.63, 3.8) is 0 Å². The summed E-state index contributed by atoms with van der Waals surface area (Å²) in [5.74, 6) is -3.48. The van der Waals surface area contributed by atoms with Crippen LogP contribution in [0.5, 0.6) is 0 Å². The molecule has 7 nitrogen and oxygen atoms in total. The van der Waals surface area contributed by atoms with Gasteiger partial charge in [0, 0.05) is 24.8 Å². The van der Waals surface area contributed by atoms with E-state index in [0.29, 0.717) is 6.07 Å². The highest BCUT2D eigenvalue weighted by Gasteiger charge is 2.51. The van der Waals surface area contributed by atoms with E-state index in [2.05, 4.69) is 9.72 Å². The number of aromatic nitrogens is 1. The number of aryl methyl sites for hydroxylation is 1. The first-order valence-electron chi connectivity index (χ1n) is 8.13. The number of esters is 1. The number of aliphatic hydroxyl groups excluding tert-OH is 1. The van der Waals surface area contributed by atoms with Gasteiger partial charge in [-0.2, -0.15) is 13.2 Å². The highest BCUT2D eigenvalue weighted by atomic mass is 19.4. The molecule has 1 aromatic rings. The summed E-state index contributed by atoms with van der Waals surface area (Å²) in [6.45, 7) is 0.829. The van der Waals surface area contributed by atoms with Crippen molar-refractivity contribution in [3.05, 3.63) is 40.4 Å². The highest BCUT2D eigenvalue weighted by molar-refractivity contribution is 6.27. The molecule has 1 heterocycles. The Balaban J connectivity index is 2.60. The first-order chi connectivity index (χ1) is 13.0. The third-order valence-electron chi connectivity index (χ3n) is 4.56. The fourth-order valence-corrected chi connectivity index (χ4v) is 3.11. The van der Waals surface area contributed by atoms with Crippen LogP contribution in [0.2, 0.25) is 0 Å². The van der Waals surface area contributed by atoms with E-state index in [1.54, 1.807) is 0 Å². The normalized spacial score (nSPS) is 20.3. The number of Topliss-reactive ketones (excluding diaryl/α,β-unsaturated/α-hetero) is 2. The van der Waals surface area contributed by atoms with Crippen LogP contribution in [-0.4, -0.2) is 48.5 Å². The molecule has 152 valence electrons. The lowest BCUT2D eigenvalue weighted by molar-refractivity contribution is -0.156. The van der Waals surface area contributed by atoms with Gasteiger partial charge in [0.25, 0.3) is 0 Å². The maximum absolute atomic E-state index is 12.9. The van der Waals surface area contributed by atoms with Gasteiger partial charge in [-0.3, -0.25) is 14.4 Å². The van der Waals surface area contributed by atoms with E-state index in [4.69, 9.17) is 4.74 Å². The van der Waals surface area contributed by atoms with E-state index in [9.17, 15) is 32.7 Å². The summed E-state index contributed by atoms with van der Waals surface area (Å²) < 4.78 is 48.0. The van der Waals surface area contributed by atoms with Gasteiger partial charge in [-0.15, -0.1) is 0 Å². The lowest BCUT2D eigenvalue weighted by Gasteiger charge is -2.33. The number of carbonyl (C=O) groups excluding carboxylic acids is 3. The van der Waals surface area contributed by atoms with Crippen LogP contribution in [0.15, 0.2) is 23.5 Å². The first-order valence-corrected chi connectivity index (χ1v) is 8.13. The molecule has 0 amide bonds. The minimum atomic E-state index is -4.70. The average molecular weight is 401 g/mol. The second-order valence-electron chi connectivity index (χ2n) is 6.31. The lowest BCUT2D eigenvalue weighted by Crippen LogP contribution is -2.44. The number of hydrogen-bond acceptors (Lipinski definition) is 7. The van der Waals surface area contributed by atoms with Gasteiger partial charge in [0.05, 0.1) is 13.7 Å². The van der Waals surface area contributed by atoms with Crippen molar-refractivity contribution >= 4 is 17.5 Å². The number of allylic oxidation sites excluding steroid dienone is 1. The van der Waals surface area contributed by atoms with Crippen LogP contribution in [0, 0.1) is 12.3 Å². The predicted molar refractivity (Wildman–Crippen MR) is 88.5 cm³/mol. The zero-order valence-electron chi connectivity index (χ0n) is 15.3. The Labute approximate surface area is 158 Å². The third-order valence-corrected chi connectivity index (χ3v) is 4.56. The Hall–Kier alpha value is -2.75. The molecule has 28 heavy (non-hydrogen) atoms. The number of pyridine rings is 1. The molecule has 1 unspecified atom stereocenters. The van der Waals surface area contributed by atoms with E-state index in [0.717, 1.165) is 13.2 Å². The number of alkyl halides is 3. The molecule has 0 spiro atoms. The number of ether oxygens (including phenoxy) is 2. The van der Waals surface area contributed by atoms with Crippen LogP contribution in [0.4, 0.5) is 13.2 Å². The number of ketones is 2. The summed E-state index contributed by atoms with van der Waals surface area (Å²) in [4.78, 5) is 40.8. The summed E-state index contributed by atoms with van der Waals surface area (Å²) in [5.41, 5.74) is -4.19. The van der Waals surface area contributed by atoms with Gasteiger partial charge >= 0.3 is 12.1 Å². The molecule has 0 bridgehead atoms. The number of carbonyl (C=O) groups is 3. The summed E-state index contributed by atoms with van der Waals surface area (Å²) in [5, 5.41) is 10.6. The fourth-order valence-electron chi connectivity index (χ4n) is 3.11. The van der Waals surface area contributed by atoms with Gasteiger partial charge in [-0.05, 0) is 25.5 Å². The van der Waals surface area contributed by atoms with E-state index in [-0.39, 0.29) is 30.7 Å². The summed E-state index contributed by atoms with van der Waals surface area (Å²) in [6, 6.07) is 1.49. The van der Waals surface area contributed by atoms with Crippen molar-refractivity contribution in [1.29, 1.82) is 0 Å². The minimum Gasteiger partial charge on any atom is -0.510 e. The second-order valence-corrected chi connectivity index (χ2v) is 6.31. The van der Waals surface area contributed by atoms with Crippen LogP contribution < -0.4 is 0 Å². The molecule has 0 saturated carbocycles. The molecule has 1 atom stereocenters. The maximum Gasteiger partial charge on any atom is 0.433 e. The molecule has 1 aromatic heterocycles. The van der Waals surface area contributed by atoms with E-state index >= 15 is 0 Å². The number of methoxy groups -OCH3 is 2. The number of aliphatic hydroxyl groups is 1. The van der Waals surface area contributed by atoms with E-state index in [1.807, 2.05) is 0 Å². The Morgan fingerprint density at radius 3 is 2.43 bits per heavy atom. The standard InChI is InChI=1S/C18H18F3NO6/c1-9-10(4-5-12(22-9)18(19,20)21)14(24)13-11(23)6-7-17(8-27-2,15(13)25)16(26)28-3/h4-5,25H,6-8H2,1-3H3. The molecule has 0 saturated heterocycles. The smallest absolute Gasteiger partial charge is 0.433 e. The van der Waals surface area contributed by atoms with Crippen LogP contribution in [0.3, 0.4) is 0 Å². The quantitative estimate of drug-likeness (QED) is 0.460. The third kappa shape index (κ3) is 3.64. The number of rotatable bonds is 5. The number of hydrogen-bond donors (Lipinski definition) is 1. The highest BCUT2D eigenvalue weighted by Crippen LogP contribution is 2.41. The molecule has 1 aliphatic carbocycles.